The predicted octanol–water partition coefficient (Wildman–Crippen LogP) is 2.17. The van der Waals surface area contributed by atoms with Crippen LogP contribution in [0.4, 0.5) is 0 Å². The minimum Gasteiger partial charge on any atom is -0.486 e. The van der Waals surface area contributed by atoms with E-state index in [2.05, 4.69) is 10.2 Å². The number of ether oxygens (including phenoxy) is 2. The number of aromatic carboxylic acids is 1. The average Bonchev–Trinajstić information content (AvgIpc) is 2.75. The van der Waals surface area contributed by atoms with Crippen LogP contribution >= 0.6 is 0 Å². The molecule has 1 saturated heterocycles. The van der Waals surface area contributed by atoms with E-state index in [1.165, 1.54) is 0 Å². The molecule has 0 aliphatic carbocycles. The van der Waals surface area contributed by atoms with Crippen LogP contribution in [0.1, 0.15) is 21.7 Å². The predicted molar refractivity (Wildman–Crippen MR) is 75.7 cm³/mol. The summed E-state index contributed by atoms with van der Waals surface area (Å²) < 4.78 is 10.9. The van der Waals surface area contributed by atoms with Gasteiger partial charge in [-0.15, -0.1) is 0 Å². The van der Waals surface area contributed by atoms with Crippen LogP contribution in [0.3, 0.4) is 0 Å². The molecule has 1 fully saturated rings. The summed E-state index contributed by atoms with van der Waals surface area (Å²) in [6.07, 6.45) is 0.0732. The van der Waals surface area contributed by atoms with Gasteiger partial charge in [0.2, 0.25) is 0 Å². The minimum atomic E-state index is -1.05. The van der Waals surface area contributed by atoms with Gasteiger partial charge in [-0.1, -0.05) is 6.07 Å². The molecule has 0 atom stereocenters. The second-order valence-corrected chi connectivity index (χ2v) is 5.19. The lowest BCUT2D eigenvalue weighted by Gasteiger charge is -2.27. The highest BCUT2D eigenvalue weighted by Crippen LogP contribution is 2.31. The Kier molecular flexibility index (Phi) is 3.39. The van der Waals surface area contributed by atoms with Crippen molar-refractivity contribution in [2.45, 2.75) is 20.0 Å². The molecule has 110 valence electrons. The van der Waals surface area contributed by atoms with Gasteiger partial charge in [0.15, 0.2) is 5.69 Å². The van der Waals surface area contributed by atoms with E-state index in [0.29, 0.717) is 18.8 Å². The van der Waals surface area contributed by atoms with Crippen LogP contribution in [0.25, 0.3) is 11.1 Å². The van der Waals surface area contributed by atoms with Crippen molar-refractivity contribution in [3.8, 4) is 16.9 Å². The van der Waals surface area contributed by atoms with Crippen LogP contribution in [0.2, 0.25) is 0 Å². The van der Waals surface area contributed by atoms with Crippen LogP contribution in [0.15, 0.2) is 18.2 Å². The number of nitrogens with one attached hydrogen (secondary N) is 1. The molecule has 0 radical (unpaired) electrons. The Balaban J connectivity index is 2.01. The van der Waals surface area contributed by atoms with E-state index in [0.717, 1.165) is 22.6 Å². The molecule has 3 rings (SSSR count). The van der Waals surface area contributed by atoms with Gasteiger partial charge in [0.05, 0.1) is 13.2 Å². The molecule has 1 aliphatic rings. The number of hydrogen-bond donors (Lipinski definition) is 2. The van der Waals surface area contributed by atoms with E-state index in [-0.39, 0.29) is 11.8 Å². The summed E-state index contributed by atoms with van der Waals surface area (Å²) in [5, 5.41) is 15.8. The Morgan fingerprint density at radius 3 is 2.76 bits per heavy atom. The van der Waals surface area contributed by atoms with Gasteiger partial charge < -0.3 is 14.6 Å². The van der Waals surface area contributed by atoms with Gasteiger partial charge in [0.1, 0.15) is 11.9 Å². The summed E-state index contributed by atoms with van der Waals surface area (Å²) in [7, 11) is 0. The molecule has 6 heteroatoms. The van der Waals surface area contributed by atoms with Gasteiger partial charge in [-0.3, -0.25) is 5.10 Å². The molecular formula is C15H16N2O4. The molecule has 21 heavy (non-hydrogen) atoms. The zero-order valence-corrected chi connectivity index (χ0v) is 11.8. The molecule has 1 aliphatic heterocycles. The maximum Gasteiger partial charge on any atom is 0.357 e. The van der Waals surface area contributed by atoms with Crippen LogP contribution in [-0.2, 0) is 4.74 Å². The Labute approximate surface area is 121 Å². The highest BCUT2D eigenvalue weighted by Gasteiger charge is 2.22. The summed E-state index contributed by atoms with van der Waals surface area (Å²) in [5.74, 6) is -0.332. The first kappa shape index (κ1) is 13.6. The lowest BCUT2D eigenvalue weighted by Crippen LogP contribution is -2.38. The average molecular weight is 288 g/mol. The Morgan fingerprint density at radius 1 is 1.38 bits per heavy atom. The molecule has 2 N–H and O–H groups in total. The first-order valence-electron chi connectivity index (χ1n) is 6.69. The fourth-order valence-electron chi connectivity index (χ4n) is 2.37. The van der Waals surface area contributed by atoms with Crippen molar-refractivity contribution in [2.24, 2.45) is 0 Å². The zero-order valence-electron chi connectivity index (χ0n) is 11.8. The smallest absolute Gasteiger partial charge is 0.357 e. The summed E-state index contributed by atoms with van der Waals surface area (Å²) >= 11 is 0. The lowest BCUT2D eigenvalue weighted by atomic mass is 10.0. The van der Waals surface area contributed by atoms with Crippen LogP contribution in [-0.4, -0.2) is 40.6 Å². The maximum atomic E-state index is 11.3. The number of aromatic nitrogens is 2. The van der Waals surface area contributed by atoms with Crippen LogP contribution in [0.5, 0.6) is 5.75 Å². The Bertz CT molecular complexity index is 689. The van der Waals surface area contributed by atoms with Gasteiger partial charge in [0.25, 0.3) is 0 Å². The molecule has 1 aromatic carbocycles. The van der Waals surface area contributed by atoms with Gasteiger partial charge in [-0.25, -0.2) is 4.79 Å². The van der Waals surface area contributed by atoms with E-state index in [9.17, 15) is 9.90 Å². The number of aromatic amines is 1. The number of hydrogen-bond acceptors (Lipinski definition) is 4. The van der Waals surface area contributed by atoms with Crippen molar-refractivity contribution in [1.82, 2.24) is 10.2 Å². The molecule has 0 saturated carbocycles. The highest BCUT2D eigenvalue weighted by molar-refractivity contribution is 5.94. The van der Waals surface area contributed by atoms with E-state index >= 15 is 0 Å². The molecule has 0 amide bonds. The molecule has 1 aromatic heterocycles. The maximum absolute atomic E-state index is 11.3. The van der Waals surface area contributed by atoms with Gasteiger partial charge in [-0.2, -0.15) is 5.10 Å². The molecule has 6 nitrogen and oxygen atoms in total. The molecule has 0 spiro atoms. The number of aryl methyl sites for hydroxylation is 2. The zero-order chi connectivity index (χ0) is 15.0. The topological polar surface area (TPSA) is 84.4 Å². The monoisotopic (exact) mass is 288 g/mol. The van der Waals surface area contributed by atoms with E-state index < -0.39 is 5.97 Å². The summed E-state index contributed by atoms with van der Waals surface area (Å²) in [5.41, 5.74) is 3.13. The minimum absolute atomic E-state index is 0.0241. The van der Waals surface area contributed by atoms with Crippen molar-refractivity contribution in [3.63, 3.8) is 0 Å². The first-order chi connectivity index (χ1) is 10.0. The van der Waals surface area contributed by atoms with Crippen molar-refractivity contribution in [2.75, 3.05) is 13.2 Å². The fraction of sp³-hybridized carbons (Fsp3) is 0.333. The number of H-pyrrole nitrogens is 1. The van der Waals surface area contributed by atoms with Crippen molar-refractivity contribution >= 4 is 5.97 Å². The second kappa shape index (κ2) is 5.21. The standard InChI is InChI=1S/C15H16N2O4/c1-8-3-10(5-11(4-8)21-12-6-20-7-12)13-9(2)16-17-14(13)15(18)19/h3-5,12H,6-7H2,1-2H3,(H,16,17)(H,18,19). The number of nitrogens with zero attached hydrogens (tertiary/aromatic N) is 1. The molecular weight excluding hydrogens is 272 g/mol. The second-order valence-electron chi connectivity index (χ2n) is 5.19. The molecule has 0 unspecified atom stereocenters. The first-order valence-corrected chi connectivity index (χ1v) is 6.69. The third-order valence-electron chi connectivity index (χ3n) is 3.40. The SMILES string of the molecule is Cc1cc(OC2COC2)cc(-c2c(C(=O)O)n[nH]c2C)c1. The van der Waals surface area contributed by atoms with Crippen molar-refractivity contribution < 1.29 is 19.4 Å². The van der Waals surface area contributed by atoms with Gasteiger partial charge in [0, 0.05) is 11.3 Å². The highest BCUT2D eigenvalue weighted by atomic mass is 16.6. The molecule has 2 aromatic rings. The van der Waals surface area contributed by atoms with E-state index in [1.807, 2.05) is 25.1 Å². The number of benzene rings is 1. The van der Waals surface area contributed by atoms with E-state index in [1.54, 1.807) is 6.92 Å². The van der Waals surface area contributed by atoms with Crippen molar-refractivity contribution in [3.05, 3.63) is 35.2 Å². The quantitative estimate of drug-likeness (QED) is 0.900. The summed E-state index contributed by atoms with van der Waals surface area (Å²) in [6.45, 7) is 4.93. The number of carbonyl (C=O) groups is 1. The Hall–Kier alpha value is -2.34. The number of carboxylic acid groups (broad SMARTS) is 1. The van der Waals surface area contributed by atoms with Crippen LogP contribution in [0, 0.1) is 13.8 Å². The lowest BCUT2D eigenvalue weighted by molar-refractivity contribution is -0.0796. The van der Waals surface area contributed by atoms with Crippen molar-refractivity contribution in [1.29, 1.82) is 0 Å². The number of rotatable bonds is 4. The third kappa shape index (κ3) is 2.62. The third-order valence-corrected chi connectivity index (χ3v) is 3.40. The van der Waals surface area contributed by atoms with Gasteiger partial charge in [-0.05, 0) is 37.1 Å². The normalized spacial score (nSPS) is 14.8. The number of carboxylic acids is 1. The largest absolute Gasteiger partial charge is 0.486 e. The van der Waals surface area contributed by atoms with Gasteiger partial charge >= 0.3 is 5.97 Å². The fourth-order valence-corrected chi connectivity index (χ4v) is 2.37. The Morgan fingerprint density at radius 2 is 2.14 bits per heavy atom. The summed E-state index contributed by atoms with van der Waals surface area (Å²) in [6, 6.07) is 5.70. The molecule has 2 heterocycles. The van der Waals surface area contributed by atoms with Crippen LogP contribution < -0.4 is 4.74 Å². The molecule has 0 bridgehead atoms. The summed E-state index contributed by atoms with van der Waals surface area (Å²) in [4.78, 5) is 11.3. The van der Waals surface area contributed by atoms with E-state index in [4.69, 9.17) is 9.47 Å².